The number of nitrogens with zero attached hydrogens (tertiary/aromatic N) is 2. The molecule has 0 saturated heterocycles. The lowest BCUT2D eigenvalue weighted by atomic mass is 10.1. The van der Waals surface area contributed by atoms with Gasteiger partial charge in [0.1, 0.15) is 0 Å². The van der Waals surface area contributed by atoms with E-state index in [1.165, 1.54) is 0 Å². The summed E-state index contributed by atoms with van der Waals surface area (Å²) in [6.07, 6.45) is 4.08. The van der Waals surface area contributed by atoms with Crippen LogP contribution in [-0.2, 0) is 12.8 Å². The number of hydrogen-bond donors (Lipinski definition) is 0. The van der Waals surface area contributed by atoms with E-state index in [1.54, 1.807) is 0 Å². The highest BCUT2D eigenvalue weighted by atomic mass is 14.7. The molecule has 0 amide bonds. The van der Waals surface area contributed by atoms with Crippen molar-refractivity contribution in [1.82, 2.24) is 4.98 Å². The minimum Gasteiger partial charge on any atom is -0.258 e. The molecule has 74 valence electrons. The van der Waals surface area contributed by atoms with E-state index in [-0.39, 0.29) is 0 Å². The Bertz CT molecular complexity index is 312. The van der Waals surface area contributed by atoms with E-state index < -0.39 is 0 Å². The molecule has 0 unspecified atom stereocenters. The van der Waals surface area contributed by atoms with Crippen LogP contribution in [-0.4, -0.2) is 4.98 Å². The minimum atomic E-state index is 0.742. The van der Waals surface area contributed by atoms with Gasteiger partial charge >= 0.3 is 0 Å². The van der Waals surface area contributed by atoms with E-state index in [4.69, 9.17) is 5.26 Å². The molecule has 1 rings (SSSR count). The van der Waals surface area contributed by atoms with Crippen molar-refractivity contribution < 1.29 is 0 Å². The van der Waals surface area contributed by atoms with Gasteiger partial charge in [-0.1, -0.05) is 26.7 Å². The van der Waals surface area contributed by atoms with Crippen molar-refractivity contribution >= 4 is 0 Å². The fourth-order valence-electron chi connectivity index (χ4n) is 1.48. The van der Waals surface area contributed by atoms with Crippen LogP contribution in [0.2, 0.25) is 0 Å². The maximum atomic E-state index is 8.85. The Morgan fingerprint density at radius 3 is 2.00 bits per heavy atom. The maximum Gasteiger partial charge on any atom is 0.0992 e. The molecular weight excluding hydrogens is 172 g/mol. The fourth-order valence-corrected chi connectivity index (χ4v) is 1.48. The second-order valence-corrected chi connectivity index (χ2v) is 3.45. The number of aromatic nitrogens is 1. The van der Waals surface area contributed by atoms with Crippen molar-refractivity contribution in [1.29, 1.82) is 5.26 Å². The highest BCUT2D eigenvalue weighted by molar-refractivity contribution is 5.32. The molecule has 2 heteroatoms. The molecule has 0 fully saturated rings. The third-order valence-electron chi connectivity index (χ3n) is 2.07. The van der Waals surface area contributed by atoms with Crippen LogP contribution in [0.1, 0.15) is 43.6 Å². The first-order valence-electron chi connectivity index (χ1n) is 5.20. The van der Waals surface area contributed by atoms with E-state index >= 15 is 0 Å². The first kappa shape index (κ1) is 10.7. The normalized spacial score (nSPS) is 9.79. The van der Waals surface area contributed by atoms with Gasteiger partial charge in [0.25, 0.3) is 0 Å². The molecule has 0 atom stereocenters. The molecule has 0 aliphatic heterocycles. The van der Waals surface area contributed by atoms with Crippen molar-refractivity contribution in [3.63, 3.8) is 0 Å². The zero-order valence-corrected chi connectivity index (χ0v) is 8.88. The van der Waals surface area contributed by atoms with Gasteiger partial charge in [0.2, 0.25) is 0 Å². The van der Waals surface area contributed by atoms with Gasteiger partial charge in [-0.25, -0.2) is 0 Å². The predicted octanol–water partition coefficient (Wildman–Crippen LogP) is 2.86. The summed E-state index contributed by atoms with van der Waals surface area (Å²) in [7, 11) is 0. The first-order valence-corrected chi connectivity index (χ1v) is 5.20. The Kier molecular flexibility index (Phi) is 4.12. The van der Waals surface area contributed by atoms with Gasteiger partial charge in [0.05, 0.1) is 11.6 Å². The molecule has 2 nitrogen and oxygen atoms in total. The lowest BCUT2D eigenvalue weighted by Crippen LogP contribution is -1.97. The topological polar surface area (TPSA) is 36.7 Å². The lowest BCUT2D eigenvalue weighted by molar-refractivity contribution is 0.830. The second kappa shape index (κ2) is 5.39. The van der Waals surface area contributed by atoms with Gasteiger partial charge in [-0.3, -0.25) is 4.98 Å². The van der Waals surface area contributed by atoms with Crippen LogP contribution >= 0.6 is 0 Å². The van der Waals surface area contributed by atoms with Crippen molar-refractivity contribution in [3.8, 4) is 6.07 Å². The van der Waals surface area contributed by atoms with Gasteiger partial charge in [-0.05, 0) is 25.0 Å². The number of hydrogen-bond acceptors (Lipinski definition) is 2. The third kappa shape index (κ3) is 2.85. The zero-order valence-electron chi connectivity index (χ0n) is 8.88. The molecule has 0 aliphatic carbocycles. The van der Waals surface area contributed by atoms with Gasteiger partial charge in [-0.15, -0.1) is 0 Å². The van der Waals surface area contributed by atoms with E-state index in [2.05, 4.69) is 24.9 Å². The average molecular weight is 188 g/mol. The van der Waals surface area contributed by atoms with Gasteiger partial charge in [-0.2, -0.15) is 5.26 Å². The van der Waals surface area contributed by atoms with E-state index in [9.17, 15) is 0 Å². The monoisotopic (exact) mass is 188 g/mol. The molecule has 0 spiro atoms. The van der Waals surface area contributed by atoms with Crippen LogP contribution in [0, 0.1) is 11.3 Å². The summed E-state index contributed by atoms with van der Waals surface area (Å²) in [5.41, 5.74) is 2.84. The van der Waals surface area contributed by atoms with Crippen LogP contribution in [0.5, 0.6) is 0 Å². The van der Waals surface area contributed by atoms with E-state index in [0.717, 1.165) is 42.6 Å². The Morgan fingerprint density at radius 2 is 1.64 bits per heavy atom. The first-order chi connectivity index (χ1) is 6.80. The SMILES string of the molecule is CCCc1cc(C#N)cc(CCC)n1. The molecular formula is C12H16N2. The molecule has 1 heterocycles. The molecule has 1 aromatic heterocycles. The summed E-state index contributed by atoms with van der Waals surface area (Å²) in [6.45, 7) is 4.25. The predicted molar refractivity (Wildman–Crippen MR) is 56.9 cm³/mol. The van der Waals surface area contributed by atoms with E-state index in [0.29, 0.717) is 0 Å². The fraction of sp³-hybridized carbons (Fsp3) is 0.500. The van der Waals surface area contributed by atoms with Gasteiger partial charge < -0.3 is 0 Å². The Labute approximate surface area is 85.6 Å². The molecule has 0 bridgehead atoms. The lowest BCUT2D eigenvalue weighted by Gasteiger charge is -2.03. The summed E-state index contributed by atoms with van der Waals surface area (Å²) in [4.78, 5) is 4.51. The molecule has 14 heavy (non-hydrogen) atoms. The van der Waals surface area contributed by atoms with Crippen LogP contribution < -0.4 is 0 Å². The highest BCUT2D eigenvalue weighted by Gasteiger charge is 2.01. The molecule has 0 radical (unpaired) electrons. The molecule has 0 aromatic carbocycles. The highest BCUT2D eigenvalue weighted by Crippen LogP contribution is 2.09. The van der Waals surface area contributed by atoms with Crippen LogP contribution in [0.15, 0.2) is 12.1 Å². The summed E-state index contributed by atoms with van der Waals surface area (Å²) < 4.78 is 0. The summed E-state index contributed by atoms with van der Waals surface area (Å²) >= 11 is 0. The van der Waals surface area contributed by atoms with Crippen molar-refractivity contribution in [2.24, 2.45) is 0 Å². The summed E-state index contributed by atoms with van der Waals surface area (Å²) in [5, 5.41) is 8.85. The molecule has 0 aliphatic rings. The Balaban J connectivity index is 2.95. The van der Waals surface area contributed by atoms with Crippen molar-refractivity contribution in [2.45, 2.75) is 39.5 Å². The van der Waals surface area contributed by atoms with Crippen LogP contribution in [0.3, 0.4) is 0 Å². The van der Waals surface area contributed by atoms with Gasteiger partial charge in [0.15, 0.2) is 0 Å². The van der Waals surface area contributed by atoms with Gasteiger partial charge in [0, 0.05) is 11.4 Å². The van der Waals surface area contributed by atoms with Crippen molar-refractivity contribution in [2.75, 3.05) is 0 Å². The summed E-state index contributed by atoms with van der Waals surface area (Å²) in [5.74, 6) is 0. The number of rotatable bonds is 4. The average Bonchev–Trinajstić information content (AvgIpc) is 2.18. The second-order valence-electron chi connectivity index (χ2n) is 3.45. The Hall–Kier alpha value is -1.36. The molecule has 0 saturated carbocycles. The zero-order chi connectivity index (χ0) is 10.4. The summed E-state index contributed by atoms with van der Waals surface area (Å²) in [6, 6.07) is 5.97. The third-order valence-corrected chi connectivity index (χ3v) is 2.07. The number of aryl methyl sites for hydroxylation is 2. The minimum absolute atomic E-state index is 0.742. The Morgan fingerprint density at radius 1 is 1.14 bits per heavy atom. The molecule has 1 aromatic rings. The van der Waals surface area contributed by atoms with E-state index in [1.807, 2.05) is 12.1 Å². The van der Waals surface area contributed by atoms with Crippen LogP contribution in [0.25, 0.3) is 0 Å². The van der Waals surface area contributed by atoms with Crippen LogP contribution in [0.4, 0.5) is 0 Å². The largest absolute Gasteiger partial charge is 0.258 e. The molecule has 0 N–H and O–H groups in total. The number of nitriles is 1. The number of pyridine rings is 1. The smallest absolute Gasteiger partial charge is 0.0992 e. The van der Waals surface area contributed by atoms with Crippen molar-refractivity contribution in [3.05, 3.63) is 29.1 Å². The standard InChI is InChI=1S/C12H16N2/c1-3-5-11-7-10(9-13)8-12(14-11)6-4-2/h7-8H,3-6H2,1-2H3. The quantitative estimate of drug-likeness (QED) is 0.728. The maximum absolute atomic E-state index is 8.85.